The van der Waals surface area contributed by atoms with Gasteiger partial charge in [-0.25, -0.2) is 14.8 Å². The lowest BCUT2D eigenvalue weighted by atomic mass is 9.89. The number of esters is 1. The number of ether oxygens (including phenoxy) is 2. The van der Waals surface area contributed by atoms with Crippen LogP contribution in [0.15, 0.2) is 18.3 Å². The van der Waals surface area contributed by atoms with Crippen LogP contribution in [0.4, 0.5) is 4.39 Å². The molecule has 44 heavy (non-hydrogen) atoms. The lowest BCUT2D eigenvalue weighted by Crippen LogP contribution is -2.54. The zero-order valence-corrected chi connectivity index (χ0v) is 25.7. The molecule has 7 rings (SSSR count). The predicted octanol–water partition coefficient (Wildman–Crippen LogP) is 5.41. The number of aromatic nitrogens is 3. The zero-order valence-electron chi connectivity index (χ0n) is 24.9. The molecule has 2 saturated heterocycles. The monoisotopic (exact) mass is 623 g/mol. The topological polar surface area (TPSA) is 127 Å². The number of carbonyl (C=O) groups excluding carboxylic acids is 2. The van der Waals surface area contributed by atoms with Crippen LogP contribution in [0.5, 0.6) is 11.8 Å². The van der Waals surface area contributed by atoms with Crippen LogP contribution < -0.4 is 10.2 Å². The number of fused-ring (bicyclic) bond motifs is 3. The maximum atomic E-state index is 16.6. The number of carbonyl (C=O) groups is 2. The molecule has 12 heteroatoms. The summed E-state index contributed by atoms with van der Waals surface area (Å²) in [6, 6.07) is 2.11. The molecule has 2 bridgehead atoms. The molecule has 1 aromatic carbocycles. The van der Waals surface area contributed by atoms with Crippen LogP contribution >= 0.6 is 11.6 Å². The van der Waals surface area contributed by atoms with Crippen LogP contribution in [0.3, 0.4) is 0 Å². The minimum absolute atomic E-state index is 0.00268. The van der Waals surface area contributed by atoms with Gasteiger partial charge in [-0.3, -0.25) is 9.78 Å². The summed E-state index contributed by atoms with van der Waals surface area (Å²) in [5.74, 6) is -0.867. The van der Waals surface area contributed by atoms with Gasteiger partial charge in [-0.05, 0) is 88.8 Å². The molecule has 4 fully saturated rings. The van der Waals surface area contributed by atoms with Gasteiger partial charge in [0.05, 0.1) is 17.2 Å². The largest absolute Gasteiger partial charge is 0.508 e. The summed E-state index contributed by atoms with van der Waals surface area (Å²) in [5.41, 5.74) is 4.00. The van der Waals surface area contributed by atoms with Crippen LogP contribution in [-0.4, -0.2) is 62.1 Å². The fraction of sp³-hybridized carbons (Fsp3) is 0.531. The van der Waals surface area contributed by atoms with Gasteiger partial charge in [0.25, 0.3) is 0 Å². The number of pyridine rings is 1. The molecule has 232 valence electrons. The van der Waals surface area contributed by atoms with E-state index < -0.39 is 22.9 Å². The second kappa shape index (κ2) is 10.6. The maximum absolute atomic E-state index is 16.6. The van der Waals surface area contributed by atoms with Gasteiger partial charge in [0.15, 0.2) is 5.82 Å². The average Bonchev–Trinajstić information content (AvgIpc) is 3.89. The molecule has 3 aromatic rings. The molecule has 4 heterocycles. The van der Waals surface area contributed by atoms with Gasteiger partial charge in [0.1, 0.15) is 41.5 Å². The highest BCUT2D eigenvalue weighted by atomic mass is 35.5. The number of phenolic OH excluding ortho intramolecular Hbond substituents is 1. The van der Waals surface area contributed by atoms with Gasteiger partial charge in [-0.2, -0.15) is 9.97 Å². The Hall–Kier alpha value is -3.41. The first-order valence-corrected chi connectivity index (χ1v) is 15.6. The number of nitrogens with one attached hydrogen (secondary N) is 1. The number of aldehydes is 1. The van der Waals surface area contributed by atoms with Crippen LogP contribution in [0.2, 0.25) is 5.02 Å². The summed E-state index contributed by atoms with van der Waals surface area (Å²) in [6.07, 6.45) is 7.07. The first-order valence-electron chi connectivity index (χ1n) is 15.2. The summed E-state index contributed by atoms with van der Waals surface area (Å²) in [5, 5.41) is 13.0. The third-order valence-corrected chi connectivity index (χ3v) is 9.35. The summed E-state index contributed by atoms with van der Waals surface area (Å²) in [4.78, 5) is 38.4. The molecule has 4 aliphatic rings. The van der Waals surface area contributed by atoms with E-state index in [2.05, 4.69) is 15.4 Å². The van der Waals surface area contributed by atoms with E-state index in [1.54, 1.807) is 6.20 Å². The number of hydrogen-bond donors (Lipinski definition) is 2. The van der Waals surface area contributed by atoms with Crippen molar-refractivity contribution in [1.82, 2.24) is 25.4 Å². The van der Waals surface area contributed by atoms with Crippen molar-refractivity contribution in [3.05, 3.63) is 40.4 Å². The highest BCUT2D eigenvalue weighted by molar-refractivity contribution is 6.32. The van der Waals surface area contributed by atoms with E-state index in [0.29, 0.717) is 47.5 Å². The zero-order chi connectivity index (χ0) is 31.0. The molecule has 4 unspecified atom stereocenters. The molecule has 2 aliphatic heterocycles. The van der Waals surface area contributed by atoms with E-state index in [4.69, 9.17) is 26.1 Å². The molecule has 2 N–H and O–H groups in total. The normalized spacial score (nSPS) is 25.6. The minimum Gasteiger partial charge on any atom is -0.508 e. The number of rotatable bonds is 8. The standard InChI is InChI=1S/C32H35ClFN5O5/c1-31(2,3)44-29(42)28-17-6-9-39(28)38-22(10-17)25-20-13-35-26(19-11-18(41)12-21(33)23(19)16-4-5-16)24(34)27(20)37-30(36-25)43-15-32(14-40)7-8-32/h11-14,16-17,22,28,38,41H,4-10,15H2,1-3H3. The smallest absolute Gasteiger partial charge is 0.325 e. The van der Waals surface area contributed by atoms with Crippen molar-refractivity contribution in [1.29, 1.82) is 0 Å². The van der Waals surface area contributed by atoms with Crippen LogP contribution in [0, 0.1) is 17.2 Å². The van der Waals surface area contributed by atoms with Gasteiger partial charge in [-0.15, -0.1) is 0 Å². The summed E-state index contributed by atoms with van der Waals surface area (Å²) in [6.45, 7) is 6.29. The van der Waals surface area contributed by atoms with E-state index >= 15 is 4.39 Å². The summed E-state index contributed by atoms with van der Waals surface area (Å²) < 4.78 is 28.2. The second-order valence-corrected chi connectivity index (χ2v) is 14.1. The SMILES string of the molecule is CC(C)(C)OC(=O)C1C2CCN1NC(c1nc(OCC3(C=O)CC3)nc3c(F)c(-c4cc(O)cc(Cl)c4C4CC4)ncc13)C2. The Balaban J connectivity index is 1.29. The van der Waals surface area contributed by atoms with Crippen molar-refractivity contribution in [2.45, 2.75) is 82.9 Å². The van der Waals surface area contributed by atoms with Crippen LogP contribution in [-0.2, 0) is 14.3 Å². The number of halogens is 2. The van der Waals surface area contributed by atoms with Crippen molar-refractivity contribution >= 4 is 34.8 Å². The number of hydrogen-bond acceptors (Lipinski definition) is 10. The van der Waals surface area contributed by atoms with E-state index in [1.165, 1.54) is 12.1 Å². The Morgan fingerprint density at radius 2 is 2.02 bits per heavy atom. The average molecular weight is 624 g/mol. The minimum atomic E-state index is -0.679. The van der Waals surface area contributed by atoms with Crippen LogP contribution in [0.25, 0.3) is 22.2 Å². The van der Waals surface area contributed by atoms with Gasteiger partial charge in [-0.1, -0.05) is 11.6 Å². The number of hydrazine groups is 1. The Morgan fingerprint density at radius 1 is 1.25 bits per heavy atom. The first-order chi connectivity index (χ1) is 20.9. The molecular weight excluding hydrogens is 589 g/mol. The lowest BCUT2D eigenvalue weighted by molar-refractivity contribution is -0.165. The fourth-order valence-corrected chi connectivity index (χ4v) is 6.85. The van der Waals surface area contributed by atoms with Gasteiger partial charge < -0.3 is 19.4 Å². The van der Waals surface area contributed by atoms with Crippen molar-refractivity contribution < 1.29 is 28.6 Å². The Bertz CT molecular complexity index is 1660. The van der Waals surface area contributed by atoms with Crippen molar-refractivity contribution in [2.75, 3.05) is 13.2 Å². The molecule has 0 radical (unpaired) electrons. The van der Waals surface area contributed by atoms with Crippen molar-refractivity contribution in [3.63, 3.8) is 0 Å². The van der Waals surface area contributed by atoms with Gasteiger partial charge in [0.2, 0.25) is 0 Å². The predicted molar refractivity (Wildman–Crippen MR) is 160 cm³/mol. The molecule has 4 atom stereocenters. The molecule has 2 aliphatic carbocycles. The maximum Gasteiger partial charge on any atom is 0.325 e. The molecule has 2 aromatic heterocycles. The lowest BCUT2D eigenvalue weighted by Gasteiger charge is -2.38. The van der Waals surface area contributed by atoms with Gasteiger partial charge in [0, 0.05) is 28.7 Å². The molecule has 0 amide bonds. The van der Waals surface area contributed by atoms with Crippen LogP contribution in [0.1, 0.15) is 82.5 Å². The number of aromatic hydroxyl groups is 1. The number of nitrogens with zero attached hydrogens (tertiary/aromatic N) is 4. The van der Waals surface area contributed by atoms with E-state index in [9.17, 15) is 14.7 Å². The molecular formula is C32H35ClFN5O5. The first kappa shape index (κ1) is 29.3. The fourth-order valence-electron chi connectivity index (χ4n) is 6.49. The Labute approximate surface area is 259 Å². The number of benzene rings is 1. The van der Waals surface area contributed by atoms with E-state index in [0.717, 1.165) is 31.1 Å². The van der Waals surface area contributed by atoms with E-state index in [1.807, 2.05) is 25.8 Å². The number of phenols is 1. The molecule has 0 spiro atoms. The summed E-state index contributed by atoms with van der Waals surface area (Å²) >= 11 is 6.52. The summed E-state index contributed by atoms with van der Waals surface area (Å²) in [7, 11) is 0. The Kier molecular flexibility index (Phi) is 7.06. The highest BCUT2D eigenvalue weighted by Gasteiger charge is 2.48. The highest BCUT2D eigenvalue weighted by Crippen LogP contribution is 2.49. The third-order valence-electron chi connectivity index (χ3n) is 9.04. The molecule has 10 nitrogen and oxygen atoms in total. The second-order valence-electron chi connectivity index (χ2n) is 13.6. The quantitative estimate of drug-likeness (QED) is 0.248. The van der Waals surface area contributed by atoms with Crippen molar-refractivity contribution in [3.8, 4) is 23.0 Å². The Morgan fingerprint density at radius 3 is 2.68 bits per heavy atom. The third kappa shape index (κ3) is 5.39. The van der Waals surface area contributed by atoms with E-state index in [-0.39, 0.29) is 53.4 Å². The van der Waals surface area contributed by atoms with Crippen molar-refractivity contribution in [2.24, 2.45) is 11.3 Å². The molecule has 2 saturated carbocycles. The van der Waals surface area contributed by atoms with Gasteiger partial charge >= 0.3 is 12.0 Å².